The topological polar surface area (TPSA) is 60.0 Å². The molecule has 140 valence electrons. The first-order valence-electron chi connectivity index (χ1n) is 9.51. The van der Waals surface area contributed by atoms with Gasteiger partial charge in [-0.15, -0.1) is 0 Å². The number of benzene rings is 2. The number of anilines is 1. The van der Waals surface area contributed by atoms with Crippen LogP contribution in [0.3, 0.4) is 0 Å². The Labute approximate surface area is 160 Å². The molecule has 3 rings (SSSR count). The van der Waals surface area contributed by atoms with Gasteiger partial charge in [0.1, 0.15) is 0 Å². The second kappa shape index (κ2) is 9.26. The zero-order valence-electron chi connectivity index (χ0n) is 15.7. The van der Waals surface area contributed by atoms with E-state index in [2.05, 4.69) is 40.9 Å². The SMILES string of the molecule is C[C@H]1CN(CCc2ccccc2)CC[C@H]1N(C(=O)C=[N+]=[N-])c1ccccc1. The molecule has 1 amide bonds. The van der Waals surface area contributed by atoms with Gasteiger partial charge >= 0.3 is 12.1 Å². The third kappa shape index (κ3) is 4.91. The van der Waals surface area contributed by atoms with Crippen LogP contribution in [0.15, 0.2) is 60.7 Å². The molecule has 0 spiro atoms. The van der Waals surface area contributed by atoms with E-state index in [1.165, 1.54) is 5.56 Å². The van der Waals surface area contributed by atoms with E-state index in [0.29, 0.717) is 5.92 Å². The second-order valence-electron chi connectivity index (χ2n) is 7.16. The summed E-state index contributed by atoms with van der Waals surface area (Å²) in [6, 6.07) is 20.3. The minimum Gasteiger partial charge on any atom is -0.361 e. The number of carbonyl (C=O) groups excluding carboxylic acids is 1. The van der Waals surface area contributed by atoms with Gasteiger partial charge < -0.3 is 10.4 Å². The van der Waals surface area contributed by atoms with E-state index in [4.69, 9.17) is 5.53 Å². The highest BCUT2D eigenvalue weighted by atomic mass is 16.2. The number of hydrogen-bond acceptors (Lipinski definition) is 2. The summed E-state index contributed by atoms with van der Waals surface area (Å²) in [5.74, 6) is 0.0454. The van der Waals surface area contributed by atoms with E-state index >= 15 is 0 Å². The first kappa shape index (κ1) is 19.0. The summed E-state index contributed by atoms with van der Waals surface area (Å²) < 4.78 is 0. The highest BCUT2D eigenvalue weighted by Crippen LogP contribution is 2.27. The molecule has 0 aromatic heterocycles. The van der Waals surface area contributed by atoms with Gasteiger partial charge in [0, 0.05) is 31.4 Å². The molecule has 1 saturated heterocycles. The maximum Gasteiger partial charge on any atom is 0.345 e. The molecule has 27 heavy (non-hydrogen) atoms. The molecule has 5 nitrogen and oxygen atoms in total. The lowest BCUT2D eigenvalue weighted by molar-refractivity contribution is -0.116. The molecule has 5 heteroatoms. The summed E-state index contributed by atoms with van der Waals surface area (Å²) in [6.07, 6.45) is 2.92. The molecule has 0 bridgehead atoms. The number of hydrogen-bond donors (Lipinski definition) is 0. The van der Waals surface area contributed by atoms with Crippen LogP contribution in [-0.4, -0.2) is 47.5 Å². The van der Waals surface area contributed by atoms with Gasteiger partial charge in [-0.25, -0.2) is 0 Å². The zero-order chi connectivity index (χ0) is 19.1. The standard InChI is InChI=1S/C22H26N4O/c1-18-17-25(14-12-19-8-4-2-5-9-19)15-13-21(18)26(22(27)16-24-23)20-10-6-3-7-11-20/h2-11,16,18,21H,12-15,17H2,1H3/t18-,21+/m0/s1. The van der Waals surface area contributed by atoms with Crippen molar-refractivity contribution in [2.24, 2.45) is 5.92 Å². The number of rotatable bonds is 6. The number of amides is 1. The van der Waals surface area contributed by atoms with Crippen molar-refractivity contribution in [2.75, 3.05) is 24.5 Å². The van der Waals surface area contributed by atoms with Gasteiger partial charge in [0.25, 0.3) is 0 Å². The Morgan fingerprint density at radius 1 is 1.19 bits per heavy atom. The largest absolute Gasteiger partial charge is 0.361 e. The normalized spacial score (nSPS) is 19.9. The third-order valence-electron chi connectivity index (χ3n) is 5.28. The average Bonchev–Trinajstić information content (AvgIpc) is 2.70. The van der Waals surface area contributed by atoms with E-state index in [9.17, 15) is 4.79 Å². The monoisotopic (exact) mass is 362 g/mol. The first-order valence-corrected chi connectivity index (χ1v) is 9.51. The van der Waals surface area contributed by atoms with E-state index in [-0.39, 0.29) is 11.9 Å². The Kier molecular flexibility index (Phi) is 6.53. The second-order valence-corrected chi connectivity index (χ2v) is 7.16. The fraction of sp³-hybridized carbons (Fsp3) is 0.364. The lowest BCUT2D eigenvalue weighted by atomic mass is 9.91. The minimum absolute atomic E-state index is 0.0888. The van der Waals surface area contributed by atoms with Crippen LogP contribution in [0.5, 0.6) is 0 Å². The lowest BCUT2D eigenvalue weighted by Gasteiger charge is -2.42. The van der Waals surface area contributed by atoms with Crippen LogP contribution in [0.4, 0.5) is 5.69 Å². The van der Waals surface area contributed by atoms with Crippen LogP contribution in [0.25, 0.3) is 5.53 Å². The van der Waals surface area contributed by atoms with Gasteiger partial charge in [-0.1, -0.05) is 55.5 Å². The van der Waals surface area contributed by atoms with Gasteiger partial charge in [0.2, 0.25) is 0 Å². The van der Waals surface area contributed by atoms with E-state index in [1.54, 1.807) is 4.90 Å². The van der Waals surface area contributed by atoms with Crippen molar-refractivity contribution in [3.63, 3.8) is 0 Å². The number of piperidine rings is 1. The van der Waals surface area contributed by atoms with Gasteiger partial charge in [0.15, 0.2) is 0 Å². The Bertz CT molecular complexity index is 786. The van der Waals surface area contributed by atoms with Crippen molar-refractivity contribution >= 4 is 17.8 Å². The highest BCUT2D eigenvalue weighted by molar-refractivity contribution is 6.30. The van der Waals surface area contributed by atoms with Crippen LogP contribution >= 0.6 is 0 Å². The van der Waals surface area contributed by atoms with Crippen LogP contribution in [0.1, 0.15) is 18.9 Å². The Hall–Kier alpha value is -2.75. The Morgan fingerprint density at radius 2 is 1.85 bits per heavy atom. The maximum atomic E-state index is 12.6. The molecule has 1 aliphatic heterocycles. The molecule has 0 aliphatic carbocycles. The van der Waals surface area contributed by atoms with E-state index < -0.39 is 0 Å². The first-order chi connectivity index (χ1) is 13.2. The molecule has 2 atom stereocenters. The molecular weight excluding hydrogens is 336 g/mol. The summed E-state index contributed by atoms with van der Waals surface area (Å²) in [6.45, 7) is 5.12. The summed E-state index contributed by atoms with van der Waals surface area (Å²) in [7, 11) is 0. The zero-order valence-corrected chi connectivity index (χ0v) is 15.7. The molecule has 1 heterocycles. The third-order valence-corrected chi connectivity index (χ3v) is 5.28. The van der Waals surface area contributed by atoms with Gasteiger partial charge in [0.05, 0.1) is 0 Å². The molecule has 1 aliphatic rings. The van der Waals surface area contributed by atoms with Crippen LogP contribution in [-0.2, 0) is 11.2 Å². The summed E-state index contributed by atoms with van der Waals surface area (Å²) >= 11 is 0. The van der Waals surface area contributed by atoms with E-state index in [0.717, 1.165) is 44.4 Å². The van der Waals surface area contributed by atoms with Crippen molar-refractivity contribution in [3.05, 3.63) is 71.8 Å². The highest BCUT2D eigenvalue weighted by Gasteiger charge is 2.34. The number of para-hydroxylation sites is 1. The lowest BCUT2D eigenvalue weighted by Crippen LogP contribution is -2.53. The van der Waals surface area contributed by atoms with Gasteiger partial charge in [-0.2, -0.15) is 4.79 Å². The predicted molar refractivity (Wildman–Crippen MR) is 108 cm³/mol. The fourth-order valence-corrected chi connectivity index (χ4v) is 3.92. The number of nitrogens with zero attached hydrogens (tertiary/aromatic N) is 4. The molecular formula is C22H26N4O. The molecule has 2 aromatic rings. The van der Waals surface area contributed by atoms with E-state index in [1.807, 2.05) is 36.4 Å². The fourth-order valence-electron chi connectivity index (χ4n) is 3.92. The molecule has 1 fully saturated rings. The van der Waals surface area contributed by atoms with Crippen molar-refractivity contribution in [1.29, 1.82) is 0 Å². The summed E-state index contributed by atoms with van der Waals surface area (Å²) in [4.78, 5) is 19.8. The quantitative estimate of drug-likeness (QED) is 0.450. The van der Waals surface area contributed by atoms with Crippen LogP contribution in [0, 0.1) is 5.92 Å². The van der Waals surface area contributed by atoms with Crippen molar-refractivity contribution in [1.82, 2.24) is 4.90 Å². The predicted octanol–water partition coefficient (Wildman–Crippen LogP) is 3.27. The summed E-state index contributed by atoms with van der Waals surface area (Å²) in [5, 5.41) is 0. The van der Waals surface area contributed by atoms with Gasteiger partial charge in [-0.05, 0) is 36.5 Å². The van der Waals surface area contributed by atoms with Crippen LogP contribution in [0.2, 0.25) is 0 Å². The Morgan fingerprint density at radius 3 is 2.48 bits per heavy atom. The number of likely N-dealkylation sites (tertiary alicyclic amines) is 1. The number of carbonyl (C=O) groups is 1. The smallest absolute Gasteiger partial charge is 0.345 e. The summed E-state index contributed by atoms with van der Waals surface area (Å²) in [5.41, 5.74) is 11.0. The molecule has 0 saturated carbocycles. The van der Waals surface area contributed by atoms with Crippen molar-refractivity contribution < 1.29 is 9.58 Å². The molecule has 0 unspecified atom stereocenters. The van der Waals surface area contributed by atoms with Crippen molar-refractivity contribution in [3.8, 4) is 0 Å². The average molecular weight is 362 g/mol. The molecule has 0 N–H and O–H groups in total. The molecule has 2 aromatic carbocycles. The van der Waals surface area contributed by atoms with Crippen molar-refractivity contribution in [2.45, 2.75) is 25.8 Å². The minimum atomic E-state index is -0.279. The van der Waals surface area contributed by atoms with Gasteiger partial charge in [-0.3, -0.25) is 9.69 Å². The Balaban J connectivity index is 1.67. The molecule has 0 radical (unpaired) electrons. The maximum absolute atomic E-state index is 12.6. The van der Waals surface area contributed by atoms with Crippen LogP contribution < -0.4 is 4.90 Å².